The number of benzene rings is 2. The molecule has 6 nitrogen and oxygen atoms in total. The fourth-order valence-electron chi connectivity index (χ4n) is 2.31. The van der Waals surface area contributed by atoms with Gasteiger partial charge in [-0.15, -0.1) is 11.8 Å². The predicted octanol–water partition coefficient (Wildman–Crippen LogP) is 3.43. The molecule has 0 saturated heterocycles. The van der Waals surface area contributed by atoms with E-state index >= 15 is 0 Å². The lowest BCUT2D eigenvalue weighted by Crippen LogP contribution is -2.32. The summed E-state index contributed by atoms with van der Waals surface area (Å²) in [5, 5.41) is 4.82. The Kier molecular flexibility index (Phi) is 5.95. The van der Waals surface area contributed by atoms with Gasteiger partial charge in [-0.25, -0.2) is 0 Å². The van der Waals surface area contributed by atoms with Gasteiger partial charge >= 0.3 is 5.97 Å². The third-order valence-electron chi connectivity index (χ3n) is 3.55. The van der Waals surface area contributed by atoms with E-state index < -0.39 is 23.7 Å². The zero-order valence-electron chi connectivity index (χ0n) is 13.5. The Bertz CT molecular complexity index is 841. The monoisotopic (exact) mass is 434 g/mol. The minimum absolute atomic E-state index is 0.101. The first kappa shape index (κ1) is 18.5. The maximum absolute atomic E-state index is 12.1. The van der Waals surface area contributed by atoms with Gasteiger partial charge in [-0.2, -0.15) is 0 Å². The Hall–Kier alpha value is -2.32. The van der Waals surface area contributed by atoms with Crippen LogP contribution in [0.5, 0.6) is 0 Å². The number of hydrogen-bond donors (Lipinski definition) is 2. The van der Waals surface area contributed by atoms with Gasteiger partial charge in [-0.1, -0.05) is 28.1 Å². The SMILES string of the molecule is O=C(COC(=O)C[C@@H]1Sc2ccccc2NC1=O)Nc1ccc(Br)cc1. The molecule has 2 aromatic carbocycles. The highest BCUT2D eigenvalue weighted by molar-refractivity contribution is 9.10. The van der Waals surface area contributed by atoms with Crippen LogP contribution in [0.2, 0.25) is 0 Å². The number of fused-ring (bicyclic) bond motifs is 1. The van der Waals surface area contributed by atoms with Gasteiger partial charge < -0.3 is 15.4 Å². The fraction of sp³-hybridized carbons (Fsp3) is 0.167. The van der Waals surface area contributed by atoms with Crippen LogP contribution in [0.4, 0.5) is 11.4 Å². The quantitative estimate of drug-likeness (QED) is 0.704. The molecule has 2 N–H and O–H groups in total. The van der Waals surface area contributed by atoms with E-state index in [9.17, 15) is 14.4 Å². The van der Waals surface area contributed by atoms with Crippen LogP contribution in [0, 0.1) is 0 Å². The Morgan fingerprint density at radius 2 is 1.88 bits per heavy atom. The van der Waals surface area contributed by atoms with E-state index in [1.165, 1.54) is 11.8 Å². The first-order valence-corrected chi connectivity index (χ1v) is 9.46. The molecule has 1 heterocycles. The maximum atomic E-state index is 12.1. The fourth-order valence-corrected chi connectivity index (χ4v) is 3.67. The number of hydrogen-bond acceptors (Lipinski definition) is 5. The second-order valence-corrected chi connectivity index (χ2v) is 7.67. The number of thioether (sulfide) groups is 1. The number of ether oxygens (including phenoxy) is 1. The second kappa shape index (κ2) is 8.37. The Morgan fingerprint density at radius 1 is 1.15 bits per heavy atom. The van der Waals surface area contributed by atoms with Crippen LogP contribution in [0.1, 0.15) is 6.42 Å². The summed E-state index contributed by atoms with van der Waals surface area (Å²) >= 11 is 4.62. The second-order valence-electron chi connectivity index (χ2n) is 5.51. The summed E-state index contributed by atoms with van der Waals surface area (Å²) < 4.78 is 5.88. The molecule has 0 spiro atoms. The van der Waals surface area contributed by atoms with Crippen molar-refractivity contribution in [3.8, 4) is 0 Å². The van der Waals surface area contributed by atoms with Gasteiger partial charge in [-0.3, -0.25) is 14.4 Å². The molecule has 3 rings (SSSR count). The predicted molar refractivity (Wildman–Crippen MR) is 103 cm³/mol. The summed E-state index contributed by atoms with van der Waals surface area (Å²) in [4.78, 5) is 36.8. The van der Waals surface area contributed by atoms with Gasteiger partial charge in [0.2, 0.25) is 5.91 Å². The van der Waals surface area contributed by atoms with Crippen LogP contribution in [0.15, 0.2) is 57.9 Å². The number of nitrogens with one attached hydrogen (secondary N) is 2. The molecular weight excluding hydrogens is 420 g/mol. The summed E-state index contributed by atoms with van der Waals surface area (Å²) in [7, 11) is 0. The van der Waals surface area contributed by atoms with Gasteiger partial charge in [0.05, 0.1) is 17.4 Å². The zero-order chi connectivity index (χ0) is 18.5. The van der Waals surface area contributed by atoms with Gasteiger partial charge in [-0.05, 0) is 36.4 Å². The van der Waals surface area contributed by atoms with E-state index in [0.29, 0.717) is 5.69 Å². The molecule has 0 aromatic heterocycles. The Balaban J connectivity index is 1.47. The molecule has 0 bridgehead atoms. The van der Waals surface area contributed by atoms with Crippen molar-refractivity contribution in [2.24, 2.45) is 0 Å². The zero-order valence-corrected chi connectivity index (χ0v) is 15.9. The highest BCUT2D eigenvalue weighted by atomic mass is 79.9. The van der Waals surface area contributed by atoms with Crippen molar-refractivity contribution in [1.82, 2.24) is 0 Å². The lowest BCUT2D eigenvalue weighted by atomic mass is 10.2. The normalized spacial score (nSPS) is 15.6. The number of para-hydroxylation sites is 1. The minimum atomic E-state index is -0.594. The summed E-state index contributed by atoms with van der Waals surface area (Å²) in [5.41, 5.74) is 1.34. The first-order chi connectivity index (χ1) is 12.5. The van der Waals surface area contributed by atoms with E-state index in [1.807, 2.05) is 18.2 Å². The van der Waals surface area contributed by atoms with E-state index in [4.69, 9.17) is 4.74 Å². The van der Waals surface area contributed by atoms with Gasteiger partial charge in [0.1, 0.15) is 0 Å². The molecule has 26 heavy (non-hydrogen) atoms. The van der Waals surface area contributed by atoms with Crippen molar-refractivity contribution in [2.75, 3.05) is 17.2 Å². The van der Waals surface area contributed by atoms with E-state index in [2.05, 4.69) is 26.6 Å². The van der Waals surface area contributed by atoms with Crippen molar-refractivity contribution in [3.05, 3.63) is 53.0 Å². The van der Waals surface area contributed by atoms with Crippen molar-refractivity contribution < 1.29 is 19.1 Å². The van der Waals surface area contributed by atoms with Gasteiger partial charge in [0.25, 0.3) is 5.91 Å². The molecule has 1 atom stereocenters. The number of halogens is 1. The number of carbonyl (C=O) groups is 3. The molecule has 0 aliphatic carbocycles. The Morgan fingerprint density at radius 3 is 2.65 bits per heavy atom. The molecule has 2 aromatic rings. The average molecular weight is 435 g/mol. The van der Waals surface area contributed by atoms with Crippen molar-refractivity contribution in [3.63, 3.8) is 0 Å². The number of carbonyl (C=O) groups excluding carboxylic acids is 3. The molecule has 1 aliphatic rings. The van der Waals surface area contributed by atoms with Crippen LogP contribution in [0.3, 0.4) is 0 Å². The molecule has 0 unspecified atom stereocenters. The van der Waals surface area contributed by atoms with Crippen LogP contribution in [-0.4, -0.2) is 29.6 Å². The van der Waals surface area contributed by atoms with E-state index in [-0.39, 0.29) is 12.3 Å². The molecule has 134 valence electrons. The molecule has 0 fully saturated rings. The van der Waals surface area contributed by atoms with E-state index in [1.54, 1.807) is 30.3 Å². The number of rotatable bonds is 5. The van der Waals surface area contributed by atoms with Crippen molar-refractivity contribution >= 4 is 56.9 Å². The molecular formula is C18H15BrN2O4S. The average Bonchev–Trinajstić information content (AvgIpc) is 2.62. The highest BCUT2D eigenvalue weighted by Gasteiger charge is 2.29. The number of anilines is 2. The summed E-state index contributed by atoms with van der Waals surface area (Å²) in [6.07, 6.45) is -0.101. The smallest absolute Gasteiger partial charge is 0.307 e. The van der Waals surface area contributed by atoms with Gasteiger partial charge in [0.15, 0.2) is 6.61 Å². The summed E-state index contributed by atoms with van der Waals surface area (Å²) in [6.45, 7) is -0.398. The summed E-state index contributed by atoms with van der Waals surface area (Å²) in [6, 6.07) is 14.4. The number of amides is 2. The van der Waals surface area contributed by atoms with Gasteiger partial charge in [0, 0.05) is 15.1 Å². The lowest BCUT2D eigenvalue weighted by Gasteiger charge is -2.23. The molecule has 8 heteroatoms. The first-order valence-electron chi connectivity index (χ1n) is 7.79. The van der Waals surface area contributed by atoms with Crippen molar-refractivity contribution in [1.29, 1.82) is 0 Å². The van der Waals surface area contributed by atoms with Crippen LogP contribution < -0.4 is 10.6 Å². The van der Waals surface area contributed by atoms with Crippen LogP contribution >= 0.6 is 27.7 Å². The third kappa shape index (κ3) is 4.86. The molecule has 2 amide bonds. The highest BCUT2D eigenvalue weighted by Crippen LogP contribution is 2.36. The lowest BCUT2D eigenvalue weighted by molar-refractivity contribution is -0.147. The summed E-state index contributed by atoms with van der Waals surface area (Å²) in [5.74, 6) is -1.28. The van der Waals surface area contributed by atoms with Crippen molar-refractivity contribution in [2.45, 2.75) is 16.6 Å². The number of esters is 1. The van der Waals surface area contributed by atoms with Crippen LogP contribution in [0.25, 0.3) is 0 Å². The standard InChI is InChI=1S/C18H15BrN2O4S/c19-11-5-7-12(8-6-11)20-16(22)10-25-17(23)9-15-18(24)21-13-3-1-2-4-14(13)26-15/h1-8,15H,9-10H2,(H,20,22)(H,21,24)/t15-/m0/s1. The van der Waals surface area contributed by atoms with Crippen LogP contribution in [-0.2, 0) is 19.1 Å². The Labute approximate surface area is 162 Å². The molecule has 0 radical (unpaired) electrons. The third-order valence-corrected chi connectivity index (χ3v) is 5.35. The molecule has 0 saturated carbocycles. The topological polar surface area (TPSA) is 84.5 Å². The largest absolute Gasteiger partial charge is 0.456 e. The maximum Gasteiger partial charge on any atom is 0.307 e. The minimum Gasteiger partial charge on any atom is -0.456 e. The van der Waals surface area contributed by atoms with E-state index in [0.717, 1.165) is 15.1 Å². The molecule has 1 aliphatic heterocycles.